The van der Waals surface area contributed by atoms with Crippen LogP contribution in [-0.4, -0.2) is 69.1 Å². The quantitative estimate of drug-likeness (QED) is 0.402. The van der Waals surface area contributed by atoms with Gasteiger partial charge in [-0.2, -0.15) is 0 Å². The number of aliphatic hydroxyl groups is 2. The number of nitrogens with zero attached hydrogens (tertiary/aromatic N) is 3. The summed E-state index contributed by atoms with van der Waals surface area (Å²) in [6.45, 7) is 2.56. The van der Waals surface area contributed by atoms with Gasteiger partial charge in [0, 0.05) is 30.8 Å². The number of hydrogen-bond donors (Lipinski definition) is 3. The third-order valence-electron chi connectivity index (χ3n) is 6.33. The molecule has 0 radical (unpaired) electrons. The second kappa shape index (κ2) is 10.5. The third-order valence-corrected chi connectivity index (χ3v) is 6.33. The summed E-state index contributed by atoms with van der Waals surface area (Å²) >= 11 is 0. The van der Waals surface area contributed by atoms with Crippen molar-refractivity contribution >= 4 is 22.8 Å². The molecule has 10 nitrogen and oxygen atoms in total. The predicted molar refractivity (Wildman–Crippen MR) is 128 cm³/mol. The zero-order valence-corrected chi connectivity index (χ0v) is 19.7. The van der Waals surface area contributed by atoms with E-state index in [0.717, 1.165) is 10.1 Å². The molecule has 1 atom stereocenters. The van der Waals surface area contributed by atoms with Gasteiger partial charge in [-0.3, -0.25) is 23.9 Å². The summed E-state index contributed by atoms with van der Waals surface area (Å²) in [7, 11) is 0. The molecule has 0 spiro atoms. The molecule has 2 amide bonds. The minimum absolute atomic E-state index is 0.000837. The van der Waals surface area contributed by atoms with Crippen LogP contribution in [0.15, 0.2) is 41.3 Å². The van der Waals surface area contributed by atoms with Crippen LogP contribution in [0.5, 0.6) is 0 Å². The monoisotopic (exact) mass is 498 g/mol. The molecule has 4 rings (SSSR count). The lowest BCUT2D eigenvalue weighted by atomic mass is 9.93. The Kier molecular flexibility index (Phi) is 7.43. The summed E-state index contributed by atoms with van der Waals surface area (Å²) in [6, 6.07) is 7.58. The minimum Gasteiger partial charge on any atom is -0.378 e. The Labute approximate surface area is 205 Å². The van der Waals surface area contributed by atoms with Crippen molar-refractivity contribution < 1.29 is 28.9 Å². The molecular formula is C25H27FN4O6. The van der Waals surface area contributed by atoms with Crippen molar-refractivity contribution in [3.05, 3.63) is 75.0 Å². The molecule has 1 fully saturated rings. The average Bonchev–Trinajstić information content (AvgIpc) is 2.86. The molecule has 0 bridgehead atoms. The molecule has 11 heteroatoms. The highest BCUT2D eigenvalue weighted by Gasteiger charge is 2.29. The van der Waals surface area contributed by atoms with E-state index in [1.165, 1.54) is 25.3 Å². The first-order chi connectivity index (χ1) is 17.2. The van der Waals surface area contributed by atoms with Crippen LogP contribution in [-0.2, 0) is 22.5 Å². The minimum atomic E-state index is -1.89. The first kappa shape index (κ1) is 25.4. The van der Waals surface area contributed by atoms with E-state index in [-0.39, 0.29) is 34.9 Å². The van der Waals surface area contributed by atoms with Crippen LogP contribution in [0.2, 0.25) is 0 Å². The Morgan fingerprint density at radius 2 is 1.83 bits per heavy atom. The van der Waals surface area contributed by atoms with Crippen LogP contribution in [0, 0.1) is 5.82 Å². The number of carbonyl (C=O) groups is 2. The number of halogens is 1. The first-order valence-corrected chi connectivity index (χ1v) is 11.5. The molecular weight excluding hydrogens is 471 g/mol. The van der Waals surface area contributed by atoms with Gasteiger partial charge in [0.2, 0.25) is 5.91 Å². The van der Waals surface area contributed by atoms with Gasteiger partial charge in [-0.1, -0.05) is 19.1 Å². The highest BCUT2D eigenvalue weighted by atomic mass is 19.1. The highest BCUT2D eigenvalue weighted by Crippen LogP contribution is 2.29. The van der Waals surface area contributed by atoms with Gasteiger partial charge >= 0.3 is 0 Å². The van der Waals surface area contributed by atoms with Gasteiger partial charge in [-0.05, 0) is 35.7 Å². The summed E-state index contributed by atoms with van der Waals surface area (Å²) in [5.41, 5.74) is 6.14. The molecule has 1 unspecified atom stereocenters. The van der Waals surface area contributed by atoms with E-state index in [2.05, 4.69) is 4.98 Å². The van der Waals surface area contributed by atoms with Gasteiger partial charge in [0.05, 0.1) is 24.2 Å². The van der Waals surface area contributed by atoms with E-state index >= 15 is 0 Å². The van der Waals surface area contributed by atoms with Crippen LogP contribution in [0.25, 0.3) is 11.0 Å². The normalized spacial score (nSPS) is 14.9. The molecule has 3 heterocycles. The Morgan fingerprint density at radius 3 is 2.44 bits per heavy atom. The number of morpholine rings is 1. The maximum Gasteiger partial charge on any atom is 0.264 e. The SMILES string of the molecule is CC(c1c(C(N)=O)c(=O)n(CC(=O)N2CCOCC2)c2cc(Cc3ccc(F)cc3)cnc12)C(O)O. The molecule has 36 heavy (non-hydrogen) atoms. The van der Waals surface area contributed by atoms with Crippen LogP contribution in [0.4, 0.5) is 4.39 Å². The van der Waals surface area contributed by atoms with Gasteiger partial charge in [0.25, 0.3) is 11.5 Å². The number of fused-ring (bicyclic) bond motifs is 1. The molecule has 1 aliphatic heterocycles. The number of nitrogens with two attached hydrogens (primary N) is 1. The van der Waals surface area contributed by atoms with Crippen molar-refractivity contribution in [3.63, 3.8) is 0 Å². The standard InChI is InChI=1S/C25H27FN4O6/c1-14(25(34)35)20-21(23(27)32)24(33)30(13-19(31)29-6-8-36-9-7-29)18-11-16(12-28-22(18)20)10-15-2-4-17(26)5-3-15/h2-5,11-12,14,25,34-35H,6-10,13H2,1H3,(H2,27,32). The van der Waals surface area contributed by atoms with Crippen LogP contribution in [0.3, 0.4) is 0 Å². The van der Waals surface area contributed by atoms with E-state index in [9.17, 15) is 29.0 Å². The Balaban J connectivity index is 1.90. The summed E-state index contributed by atoms with van der Waals surface area (Å²) < 4.78 is 19.8. The van der Waals surface area contributed by atoms with Crippen molar-refractivity contribution in [1.82, 2.24) is 14.5 Å². The first-order valence-electron chi connectivity index (χ1n) is 11.5. The van der Waals surface area contributed by atoms with Gasteiger partial charge < -0.3 is 25.6 Å². The summed E-state index contributed by atoms with van der Waals surface area (Å²) in [6.07, 6.45) is -0.00758. The van der Waals surface area contributed by atoms with E-state index in [4.69, 9.17) is 10.5 Å². The molecule has 1 saturated heterocycles. The number of amides is 2. The molecule has 1 aromatic carbocycles. The van der Waals surface area contributed by atoms with E-state index < -0.39 is 29.2 Å². The van der Waals surface area contributed by atoms with Gasteiger partial charge in [0.1, 0.15) is 17.9 Å². The molecule has 1 aliphatic rings. The zero-order valence-electron chi connectivity index (χ0n) is 19.7. The number of benzene rings is 1. The topological polar surface area (TPSA) is 148 Å². The zero-order chi connectivity index (χ0) is 26.0. The molecule has 4 N–H and O–H groups in total. The molecule has 0 saturated carbocycles. The van der Waals surface area contributed by atoms with Gasteiger partial charge in [-0.25, -0.2) is 4.39 Å². The summed E-state index contributed by atoms with van der Waals surface area (Å²) in [4.78, 5) is 45.0. The predicted octanol–water partition coefficient (Wildman–Crippen LogP) is 0.498. The van der Waals surface area contributed by atoms with Crippen molar-refractivity contribution in [2.75, 3.05) is 26.3 Å². The number of aromatic nitrogens is 2. The Morgan fingerprint density at radius 1 is 1.17 bits per heavy atom. The fourth-order valence-corrected chi connectivity index (χ4v) is 4.36. The summed E-state index contributed by atoms with van der Waals surface area (Å²) in [5, 5.41) is 19.7. The summed E-state index contributed by atoms with van der Waals surface area (Å²) in [5.74, 6) is -2.84. The second-order valence-corrected chi connectivity index (χ2v) is 8.75. The second-order valence-electron chi connectivity index (χ2n) is 8.75. The van der Waals surface area contributed by atoms with Crippen molar-refractivity contribution in [2.45, 2.75) is 32.1 Å². The number of carbonyl (C=O) groups excluding carboxylic acids is 2. The Hall–Kier alpha value is -3.67. The number of pyridine rings is 2. The molecule has 0 aliphatic carbocycles. The van der Waals surface area contributed by atoms with Crippen LogP contribution < -0.4 is 11.3 Å². The fraction of sp³-hybridized carbons (Fsp3) is 0.360. The highest BCUT2D eigenvalue weighted by molar-refractivity contribution is 5.99. The largest absolute Gasteiger partial charge is 0.378 e. The average molecular weight is 499 g/mol. The third kappa shape index (κ3) is 5.13. The number of hydrogen-bond acceptors (Lipinski definition) is 7. The number of ether oxygens (including phenoxy) is 1. The Bertz CT molecular complexity index is 1350. The lowest BCUT2D eigenvalue weighted by Crippen LogP contribution is -2.44. The van der Waals surface area contributed by atoms with Crippen LogP contribution in [0.1, 0.15) is 39.9 Å². The van der Waals surface area contributed by atoms with E-state index in [1.807, 2.05) is 0 Å². The van der Waals surface area contributed by atoms with Crippen molar-refractivity contribution in [1.29, 1.82) is 0 Å². The smallest absolute Gasteiger partial charge is 0.264 e. The van der Waals surface area contributed by atoms with E-state index in [1.54, 1.807) is 23.1 Å². The lowest BCUT2D eigenvalue weighted by Gasteiger charge is -2.28. The number of aliphatic hydroxyl groups excluding tert-OH is 1. The van der Waals surface area contributed by atoms with Crippen molar-refractivity contribution in [3.8, 4) is 0 Å². The van der Waals surface area contributed by atoms with Crippen molar-refractivity contribution in [2.24, 2.45) is 5.73 Å². The number of primary amides is 1. The maximum absolute atomic E-state index is 13.5. The van der Waals surface area contributed by atoms with Crippen LogP contribution >= 0.6 is 0 Å². The molecule has 190 valence electrons. The fourth-order valence-electron chi connectivity index (χ4n) is 4.36. The lowest BCUT2D eigenvalue weighted by molar-refractivity contribution is -0.135. The van der Waals surface area contributed by atoms with Gasteiger partial charge in [-0.15, -0.1) is 0 Å². The van der Waals surface area contributed by atoms with E-state index in [0.29, 0.717) is 38.3 Å². The maximum atomic E-state index is 13.5. The molecule has 2 aromatic heterocycles. The molecule has 3 aromatic rings. The van der Waals surface area contributed by atoms with Gasteiger partial charge in [0.15, 0.2) is 6.29 Å². The number of rotatable bonds is 7.